The second-order valence-electron chi connectivity index (χ2n) is 7.77. The molecular formula is C21H19N9O3. The van der Waals surface area contributed by atoms with Gasteiger partial charge >= 0.3 is 6.09 Å². The maximum absolute atomic E-state index is 12.4. The van der Waals surface area contributed by atoms with Gasteiger partial charge in [-0.05, 0) is 19.1 Å². The molecule has 1 saturated heterocycles. The SMILES string of the molecule is C[C@@H](NC(=O)Oc1c[nH]c2ncc(-c3nn(C)c4cccnc34)nc12)C(=O)N1CC(C#N)C1. The van der Waals surface area contributed by atoms with Crippen LogP contribution in [0.5, 0.6) is 5.75 Å². The number of aromatic amines is 1. The maximum atomic E-state index is 12.4. The van der Waals surface area contributed by atoms with Crippen LogP contribution < -0.4 is 10.1 Å². The quantitative estimate of drug-likeness (QED) is 0.477. The summed E-state index contributed by atoms with van der Waals surface area (Å²) in [6, 6.07) is 5.05. The first-order valence-electron chi connectivity index (χ1n) is 10.2. The van der Waals surface area contributed by atoms with Gasteiger partial charge in [-0.2, -0.15) is 10.4 Å². The van der Waals surface area contributed by atoms with Crippen molar-refractivity contribution in [2.24, 2.45) is 13.0 Å². The van der Waals surface area contributed by atoms with Crippen LogP contribution in [0.25, 0.3) is 33.6 Å². The monoisotopic (exact) mass is 445 g/mol. The minimum atomic E-state index is -0.800. The van der Waals surface area contributed by atoms with Gasteiger partial charge in [0, 0.05) is 32.5 Å². The molecule has 0 unspecified atom stereocenters. The zero-order valence-electron chi connectivity index (χ0n) is 17.8. The number of fused-ring (bicyclic) bond motifs is 2. The van der Waals surface area contributed by atoms with Crippen molar-refractivity contribution >= 4 is 34.2 Å². The van der Waals surface area contributed by atoms with Crippen LogP contribution in [0.1, 0.15) is 6.92 Å². The Morgan fingerprint density at radius 2 is 2.15 bits per heavy atom. The molecule has 1 fully saturated rings. The highest BCUT2D eigenvalue weighted by Crippen LogP contribution is 2.28. The highest BCUT2D eigenvalue weighted by Gasteiger charge is 2.33. The number of likely N-dealkylation sites (tertiary alicyclic amines) is 1. The zero-order valence-corrected chi connectivity index (χ0v) is 17.8. The topological polar surface area (TPSA) is 155 Å². The summed E-state index contributed by atoms with van der Waals surface area (Å²) in [6.07, 6.45) is 3.92. The van der Waals surface area contributed by atoms with E-state index in [9.17, 15) is 9.59 Å². The van der Waals surface area contributed by atoms with Crippen LogP contribution in [0.4, 0.5) is 4.79 Å². The lowest BCUT2D eigenvalue weighted by molar-refractivity contribution is -0.137. The normalized spacial score (nSPS) is 14.6. The van der Waals surface area contributed by atoms with Crippen LogP contribution in [-0.2, 0) is 11.8 Å². The summed E-state index contributed by atoms with van der Waals surface area (Å²) in [4.78, 5) is 42.5. The molecule has 0 aliphatic carbocycles. The number of hydrogen-bond acceptors (Lipinski definition) is 8. The van der Waals surface area contributed by atoms with Gasteiger partial charge in [0.2, 0.25) is 5.91 Å². The number of carbonyl (C=O) groups excluding carboxylic acids is 2. The van der Waals surface area contributed by atoms with Gasteiger partial charge in [0.25, 0.3) is 0 Å². The van der Waals surface area contributed by atoms with E-state index in [1.165, 1.54) is 11.1 Å². The van der Waals surface area contributed by atoms with E-state index >= 15 is 0 Å². The van der Waals surface area contributed by atoms with E-state index in [1.54, 1.807) is 24.0 Å². The average molecular weight is 445 g/mol. The minimum absolute atomic E-state index is 0.154. The Hall–Kier alpha value is -4.53. The summed E-state index contributed by atoms with van der Waals surface area (Å²) in [7, 11) is 1.82. The number of H-pyrrole nitrogens is 1. The highest BCUT2D eigenvalue weighted by atomic mass is 16.6. The second kappa shape index (κ2) is 7.86. The molecule has 0 radical (unpaired) electrons. The van der Waals surface area contributed by atoms with Crippen LogP contribution in [0.2, 0.25) is 0 Å². The van der Waals surface area contributed by atoms with Crippen molar-refractivity contribution in [3.05, 3.63) is 30.7 Å². The predicted octanol–water partition coefficient (Wildman–Crippen LogP) is 1.37. The molecule has 1 aliphatic rings. The Morgan fingerprint density at radius 1 is 1.33 bits per heavy atom. The number of nitrogens with zero attached hydrogens (tertiary/aromatic N) is 7. The Labute approximate surface area is 187 Å². The molecule has 12 heteroatoms. The van der Waals surface area contributed by atoms with Gasteiger partial charge in [-0.25, -0.2) is 14.8 Å². The summed E-state index contributed by atoms with van der Waals surface area (Å²) >= 11 is 0. The number of aromatic nitrogens is 6. The smallest absolute Gasteiger partial charge is 0.406 e. The third-order valence-corrected chi connectivity index (χ3v) is 5.48. The number of nitriles is 1. The van der Waals surface area contributed by atoms with Gasteiger partial charge in [-0.1, -0.05) is 0 Å². The number of pyridine rings is 1. The molecule has 5 rings (SSSR count). The van der Waals surface area contributed by atoms with Crippen molar-refractivity contribution in [1.82, 2.24) is 39.9 Å². The second-order valence-corrected chi connectivity index (χ2v) is 7.77. The number of hydrogen-bond donors (Lipinski definition) is 2. The van der Waals surface area contributed by atoms with Crippen LogP contribution in [0.3, 0.4) is 0 Å². The highest BCUT2D eigenvalue weighted by molar-refractivity contribution is 5.91. The molecule has 166 valence electrons. The summed E-state index contributed by atoms with van der Waals surface area (Å²) in [5.41, 5.74) is 3.34. The molecule has 5 heterocycles. The first kappa shape index (κ1) is 20.4. The lowest BCUT2D eigenvalue weighted by atomic mass is 10.0. The molecule has 0 aromatic carbocycles. The first-order chi connectivity index (χ1) is 15.9. The molecule has 2 amide bonds. The third-order valence-electron chi connectivity index (χ3n) is 5.48. The van der Waals surface area contributed by atoms with Gasteiger partial charge in [-0.15, -0.1) is 0 Å². The molecule has 12 nitrogen and oxygen atoms in total. The van der Waals surface area contributed by atoms with Crippen molar-refractivity contribution in [2.75, 3.05) is 13.1 Å². The van der Waals surface area contributed by atoms with Gasteiger partial charge in [0.05, 0.1) is 23.7 Å². The Bertz CT molecular complexity index is 1430. The number of carbonyl (C=O) groups is 2. The molecule has 2 N–H and O–H groups in total. The van der Waals surface area contributed by atoms with E-state index in [1.807, 2.05) is 19.2 Å². The number of aryl methyl sites for hydroxylation is 1. The Balaban J connectivity index is 1.34. The van der Waals surface area contributed by atoms with Gasteiger partial charge < -0.3 is 19.9 Å². The molecule has 0 saturated carbocycles. The minimum Gasteiger partial charge on any atom is -0.406 e. The molecule has 4 aromatic rings. The third kappa shape index (κ3) is 3.59. The summed E-state index contributed by atoms with van der Waals surface area (Å²) < 4.78 is 7.11. The fourth-order valence-electron chi connectivity index (χ4n) is 3.71. The summed E-state index contributed by atoms with van der Waals surface area (Å²) in [5.74, 6) is -0.259. The van der Waals surface area contributed by atoms with E-state index < -0.39 is 12.1 Å². The lowest BCUT2D eigenvalue weighted by Gasteiger charge is -2.36. The number of amides is 2. The Morgan fingerprint density at radius 3 is 2.94 bits per heavy atom. The standard InChI is InChI=1S/C21H19N9O3/c1-11(20(31)30-9-12(6-22)10-30)26-21(32)33-15-8-25-19-18(15)27-13(7-24-19)16-17-14(29(2)28-16)4-3-5-23-17/h3-5,7-8,11-12H,9-10H2,1-2H3,(H,24,25)(H,26,32)/t11-/m1/s1. The molecule has 33 heavy (non-hydrogen) atoms. The largest absolute Gasteiger partial charge is 0.413 e. The van der Waals surface area contributed by atoms with Crippen molar-refractivity contribution in [3.8, 4) is 23.2 Å². The van der Waals surface area contributed by atoms with E-state index in [4.69, 9.17) is 10.00 Å². The van der Waals surface area contributed by atoms with E-state index in [0.29, 0.717) is 41.2 Å². The maximum Gasteiger partial charge on any atom is 0.413 e. The van der Waals surface area contributed by atoms with Crippen molar-refractivity contribution in [2.45, 2.75) is 13.0 Å². The number of ether oxygens (including phenoxy) is 1. The average Bonchev–Trinajstić information content (AvgIpc) is 3.33. The molecule has 0 spiro atoms. The lowest BCUT2D eigenvalue weighted by Crippen LogP contribution is -2.56. The number of rotatable bonds is 4. The molecule has 0 bridgehead atoms. The van der Waals surface area contributed by atoms with Crippen molar-refractivity contribution in [3.63, 3.8) is 0 Å². The fourth-order valence-corrected chi connectivity index (χ4v) is 3.71. The Kier molecular flexibility index (Phi) is 4.86. The first-order valence-corrected chi connectivity index (χ1v) is 10.2. The van der Waals surface area contributed by atoms with Gasteiger partial charge in [0.1, 0.15) is 22.9 Å². The molecule has 4 aromatic heterocycles. The molecular weight excluding hydrogens is 426 g/mol. The summed E-state index contributed by atoms with van der Waals surface area (Å²) in [6.45, 7) is 2.30. The fraction of sp³-hybridized carbons (Fsp3) is 0.286. The van der Waals surface area contributed by atoms with Crippen LogP contribution in [0, 0.1) is 17.2 Å². The summed E-state index contributed by atoms with van der Waals surface area (Å²) in [5, 5.41) is 15.9. The van der Waals surface area contributed by atoms with Crippen LogP contribution in [-0.4, -0.2) is 65.7 Å². The molecule has 1 aliphatic heterocycles. The van der Waals surface area contributed by atoms with Gasteiger partial charge in [-0.3, -0.25) is 14.5 Å². The molecule has 1 atom stereocenters. The van der Waals surface area contributed by atoms with Crippen LogP contribution in [0.15, 0.2) is 30.7 Å². The van der Waals surface area contributed by atoms with Crippen molar-refractivity contribution < 1.29 is 14.3 Å². The van der Waals surface area contributed by atoms with Crippen LogP contribution >= 0.6 is 0 Å². The van der Waals surface area contributed by atoms with Crippen molar-refractivity contribution in [1.29, 1.82) is 5.26 Å². The zero-order chi connectivity index (χ0) is 23.1. The van der Waals surface area contributed by atoms with E-state index in [-0.39, 0.29) is 17.6 Å². The predicted molar refractivity (Wildman–Crippen MR) is 116 cm³/mol. The number of nitrogens with one attached hydrogen (secondary N) is 2. The van der Waals surface area contributed by atoms with E-state index in [0.717, 1.165) is 5.52 Å². The van der Waals surface area contributed by atoms with E-state index in [2.05, 4.69) is 36.4 Å². The van der Waals surface area contributed by atoms with Gasteiger partial charge in [0.15, 0.2) is 16.9 Å².